The summed E-state index contributed by atoms with van der Waals surface area (Å²) in [6, 6.07) is 41.0. The zero-order valence-electron chi connectivity index (χ0n) is 34.8. The first-order chi connectivity index (χ1) is 25.7. The average molecular weight is 784 g/mol. The lowest BCUT2D eigenvalue weighted by molar-refractivity contribution is 0.567. The first-order valence-corrected chi connectivity index (χ1v) is 21.1. The highest BCUT2D eigenvalue weighted by molar-refractivity contribution is 9.10. The fraction of sp³-hybridized carbons (Fsp3) is 0.333. The van der Waals surface area contributed by atoms with Gasteiger partial charge >= 0.3 is 0 Å². The quantitative estimate of drug-likeness (QED) is 0.164. The average Bonchev–Trinajstić information content (AvgIpc) is 3.62. The standard InChI is InChI=1S/C54H55Br/c1-51(2,3)33-24-31(25-34(28-33)52(4,5)6)44-47-38-19-13-16-30-17-14-20-39(43(30)38)48(47)45(32-26-35(53(7,8)9)29-36(27-32)54(10,11)12)50-41-22-23-42(55)37-18-15-21-40(46(37)41)49(44)50/h13-29,47-48H,1-12H3. The number of hydrogen-bond acceptors (Lipinski definition) is 0. The summed E-state index contributed by atoms with van der Waals surface area (Å²) in [4.78, 5) is 0. The van der Waals surface area contributed by atoms with Crippen LogP contribution in [0.3, 0.4) is 0 Å². The lowest BCUT2D eigenvalue weighted by atomic mass is 9.65. The third kappa shape index (κ3) is 5.58. The van der Waals surface area contributed by atoms with Crippen molar-refractivity contribution in [2.75, 3.05) is 0 Å². The largest absolute Gasteiger partial charge is 0.0613 e. The number of fused-ring (bicyclic) bond motifs is 6. The molecule has 0 amide bonds. The molecule has 0 bridgehead atoms. The Hall–Kier alpha value is -4.20. The SMILES string of the molecule is CC(C)(C)c1cc(C2=C3C(=C(c4cc(C(C)(C)C)cc(C(C)(C)C)c4)C4c5cccc6cccc(c56)C24)c2ccc(Br)c4cccc3c24)cc(C(C)(C)C)c1. The number of hydrogen-bond donors (Lipinski definition) is 0. The summed E-state index contributed by atoms with van der Waals surface area (Å²) in [6.45, 7) is 28.4. The molecule has 6 aromatic rings. The Morgan fingerprint density at radius 2 is 0.818 bits per heavy atom. The van der Waals surface area contributed by atoms with Gasteiger partial charge in [0.2, 0.25) is 0 Å². The first kappa shape index (κ1) is 36.4. The lowest BCUT2D eigenvalue weighted by Crippen LogP contribution is -2.21. The molecule has 6 aromatic carbocycles. The van der Waals surface area contributed by atoms with E-state index in [9.17, 15) is 0 Å². The molecule has 0 spiro atoms. The second-order valence-corrected chi connectivity index (χ2v) is 21.6. The fourth-order valence-electron chi connectivity index (χ4n) is 9.80. The molecular weight excluding hydrogens is 728 g/mol. The Morgan fingerprint density at radius 1 is 0.418 bits per heavy atom. The van der Waals surface area contributed by atoms with Crippen LogP contribution in [0.5, 0.6) is 0 Å². The maximum atomic E-state index is 4.00. The molecule has 3 aliphatic rings. The zero-order valence-corrected chi connectivity index (χ0v) is 36.4. The van der Waals surface area contributed by atoms with Gasteiger partial charge in [-0.3, -0.25) is 0 Å². The van der Waals surface area contributed by atoms with Gasteiger partial charge in [0.15, 0.2) is 0 Å². The summed E-state index contributed by atoms with van der Waals surface area (Å²) >= 11 is 4.00. The molecule has 0 fully saturated rings. The van der Waals surface area contributed by atoms with Crippen LogP contribution in [-0.4, -0.2) is 0 Å². The van der Waals surface area contributed by atoms with Crippen LogP contribution in [0.2, 0.25) is 0 Å². The summed E-state index contributed by atoms with van der Waals surface area (Å²) in [5.41, 5.74) is 19.8. The van der Waals surface area contributed by atoms with Crippen molar-refractivity contribution in [1.29, 1.82) is 0 Å². The van der Waals surface area contributed by atoms with Gasteiger partial charge in [-0.25, -0.2) is 0 Å². The molecule has 0 aromatic heterocycles. The third-order valence-electron chi connectivity index (χ3n) is 12.9. The molecule has 3 aliphatic carbocycles. The maximum absolute atomic E-state index is 4.00. The van der Waals surface area contributed by atoms with E-state index >= 15 is 0 Å². The molecule has 0 saturated heterocycles. The molecule has 9 rings (SSSR count). The maximum Gasteiger partial charge on any atom is 0.0254 e. The number of benzene rings is 6. The Bertz CT molecular complexity index is 2470. The van der Waals surface area contributed by atoms with Crippen LogP contribution in [0.4, 0.5) is 0 Å². The van der Waals surface area contributed by atoms with Gasteiger partial charge in [-0.05, 0) is 127 Å². The number of allylic oxidation sites excluding steroid dienone is 4. The molecule has 2 unspecified atom stereocenters. The fourth-order valence-corrected chi connectivity index (χ4v) is 10.3. The van der Waals surface area contributed by atoms with Crippen LogP contribution in [-0.2, 0) is 21.7 Å². The van der Waals surface area contributed by atoms with Crippen molar-refractivity contribution >= 4 is 59.8 Å². The van der Waals surface area contributed by atoms with Crippen LogP contribution >= 0.6 is 15.9 Å². The predicted octanol–water partition coefficient (Wildman–Crippen LogP) is 15.7. The van der Waals surface area contributed by atoms with Gasteiger partial charge in [0.25, 0.3) is 0 Å². The minimum absolute atomic E-state index is 0.00193. The van der Waals surface area contributed by atoms with E-state index in [1.54, 1.807) is 0 Å². The molecule has 0 nitrogen and oxygen atoms in total. The Labute approximate surface area is 337 Å². The minimum atomic E-state index is -0.00193. The van der Waals surface area contributed by atoms with E-state index in [2.05, 4.69) is 202 Å². The van der Waals surface area contributed by atoms with Crippen molar-refractivity contribution in [3.05, 3.63) is 163 Å². The van der Waals surface area contributed by atoms with Gasteiger partial charge in [-0.1, -0.05) is 196 Å². The Balaban J connectivity index is 1.53. The van der Waals surface area contributed by atoms with Gasteiger partial charge in [-0.15, -0.1) is 0 Å². The monoisotopic (exact) mass is 782 g/mol. The Morgan fingerprint density at radius 3 is 1.24 bits per heavy atom. The predicted molar refractivity (Wildman–Crippen MR) is 242 cm³/mol. The first-order valence-electron chi connectivity index (χ1n) is 20.3. The number of rotatable bonds is 2. The summed E-state index contributed by atoms with van der Waals surface area (Å²) < 4.78 is 1.15. The molecule has 2 atom stereocenters. The van der Waals surface area contributed by atoms with E-state index in [4.69, 9.17) is 0 Å². The van der Waals surface area contributed by atoms with Crippen molar-refractivity contribution in [2.45, 2.75) is 117 Å². The van der Waals surface area contributed by atoms with Crippen LogP contribution in [0.15, 0.2) is 108 Å². The second-order valence-electron chi connectivity index (χ2n) is 20.7. The summed E-state index contributed by atoms with van der Waals surface area (Å²) in [6.07, 6.45) is 0. The topological polar surface area (TPSA) is 0 Å². The van der Waals surface area contributed by atoms with E-state index < -0.39 is 0 Å². The molecule has 0 N–H and O–H groups in total. The van der Waals surface area contributed by atoms with Gasteiger partial charge in [0, 0.05) is 16.3 Å². The molecular formula is C54H55Br. The van der Waals surface area contributed by atoms with Gasteiger partial charge in [-0.2, -0.15) is 0 Å². The van der Waals surface area contributed by atoms with E-state index in [1.807, 2.05) is 0 Å². The van der Waals surface area contributed by atoms with Crippen molar-refractivity contribution in [3.8, 4) is 0 Å². The molecule has 0 aliphatic heterocycles. The normalized spacial score (nSPS) is 18.1. The molecule has 0 saturated carbocycles. The number of halogens is 1. The smallest absolute Gasteiger partial charge is 0.0254 e. The van der Waals surface area contributed by atoms with Crippen molar-refractivity contribution in [1.82, 2.24) is 0 Å². The van der Waals surface area contributed by atoms with Gasteiger partial charge in [0.05, 0.1) is 0 Å². The lowest BCUT2D eigenvalue weighted by Gasteiger charge is -2.38. The summed E-state index contributed by atoms with van der Waals surface area (Å²) in [5.74, 6) is 0.310. The summed E-state index contributed by atoms with van der Waals surface area (Å²) in [7, 11) is 0. The minimum Gasteiger partial charge on any atom is -0.0613 e. The van der Waals surface area contributed by atoms with E-state index in [-0.39, 0.29) is 33.5 Å². The second kappa shape index (κ2) is 11.9. The third-order valence-corrected chi connectivity index (χ3v) is 13.6. The van der Waals surface area contributed by atoms with E-state index in [0.29, 0.717) is 0 Å². The van der Waals surface area contributed by atoms with E-state index in [1.165, 1.54) is 99.5 Å². The highest BCUT2D eigenvalue weighted by atomic mass is 79.9. The molecule has 0 heterocycles. The van der Waals surface area contributed by atoms with Gasteiger partial charge in [0.1, 0.15) is 0 Å². The van der Waals surface area contributed by atoms with Crippen molar-refractivity contribution in [2.24, 2.45) is 0 Å². The van der Waals surface area contributed by atoms with Gasteiger partial charge < -0.3 is 0 Å². The highest BCUT2D eigenvalue weighted by Crippen LogP contribution is 2.68. The molecule has 278 valence electrons. The van der Waals surface area contributed by atoms with Crippen LogP contribution < -0.4 is 0 Å². The van der Waals surface area contributed by atoms with Crippen LogP contribution in [0, 0.1) is 0 Å². The molecule has 1 heteroatoms. The van der Waals surface area contributed by atoms with Crippen LogP contribution in [0.1, 0.15) is 151 Å². The molecule has 55 heavy (non-hydrogen) atoms. The molecule has 0 radical (unpaired) electrons. The summed E-state index contributed by atoms with van der Waals surface area (Å²) in [5, 5.41) is 5.44. The highest BCUT2D eigenvalue weighted by Gasteiger charge is 2.48. The van der Waals surface area contributed by atoms with E-state index in [0.717, 1.165) is 4.47 Å². The van der Waals surface area contributed by atoms with Crippen molar-refractivity contribution in [3.63, 3.8) is 0 Å². The van der Waals surface area contributed by atoms with Crippen molar-refractivity contribution < 1.29 is 0 Å². The Kier molecular flexibility index (Phi) is 7.89. The zero-order chi connectivity index (χ0) is 39.1. The van der Waals surface area contributed by atoms with Crippen LogP contribution in [0.25, 0.3) is 43.8 Å².